The first kappa shape index (κ1) is 34.1. The second-order valence-electron chi connectivity index (χ2n) is 20.8. The molecule has 0 radical (unpaired) electrons. The van der Waals surface area contributed by atoms with E-state index in [-0.39, 0.29) is 22.1 Å². The van der Waals surface area contributed by atoms with E-state index in [4.69, 9.17) is 22.3 Å². The van der Waals surface area contributed by atoms with Crippen LogP contribution in [0.3, 0.4) is 0 Å². The van der Waals surface area contributed by atoms with Crippen LogP contribution in [0.1, 0.15) is 144 Å². The molecular formula is C61H67N3O. The van der Waals surface area contributed by atoms with Crippen molar-refractivity contribution in [3.05, 3.63) is 167 Å². The van der Waals surface area contributed by atoms with Crippen molar-refractivity contribution in [1.82, 2.24) is 14.5 Å². The van der Waals surface area contributed by atoms with Gasteiger partial charge in [-0.2, -0.15) is 0 Å². The zero-order valence-electron chi connectivity index (χ0n) is 49.6. The van der Waals surface area contributed by atoms with Crippen molar-refractivity contribution in [3.8, 4) is 67.5 Å². The van der Waals surface area contributed by atoms with Crippen molar-refractivity contribution in [2.75, 3.05) is 0 Å². The minimum Gasteiger partial charge on any atom is -0.507 e. The minimum atomic E-state index is -3.37. The Morgan fingerprint density at radius 1 is 0.538 bits per heavy atom. The molecule has 2 aromatic heterocycles. The van der Waals surface area contributed by atoms with E-state index in [2.05, 4.69) is 134 Å². The summed E-state index contributed by atoms with van der Waals surface area (Å²) >= 11 is 0. The number of phenols is 1. The van der Waals surface area contributed by atoms with Gasteiger partial charge in [0.2, 0.25) is 0 Å². The third-order valence-electron chi connectivity index (χ3n) is 12.4. The third-order valence-corrected chi connectivity index (χ3v) is 12.4. The van der Waals surface area contributed by atoms with Gasteiger partial charge < -0.3 is 5.11 Å². The number of hydrogen-bond acceptors (Lipinski definition) is 3. The molecule has 0 fully saturated rings. The fourth-order valence-corrected chi connectivity index (χ4v) is 8.58. The molecule has 0 bridgehead atoms. The number of nitrogens with zero attached hydrogens (tertiary/aromatic N) is 3. The first-order valence-corrected chi connectivity index (χ1v) is 22.4. The van der Waals surface area contributed by atoms with Gasteiger partial charge in [0, 0.05) is 42.3 Å². The van der Waals surface area contributed by atoms with Crippen LogP contribution in [0.4, 0.5) is 0 Å². The first-order valence-electron chi connectivity index (χ1n) is 27.4. The van der Waals surface area contributed by atoms with Crippen molar-refractivity contribution < 1.29 is 18.8 Å². The summed E-state index contributed by atoms with van der Waals surface area (Å²) in [5.74, 6) is -0.284. The number of aromatic nitrogens is 3. The molecule has 0 aliphatic rings. The minimum absolute atomic E-state index is 0.152. The zero-order chi connectivity index (χ0) is 55.2. The Balaban J connectivity index is 1.36. The molecule has 65 heavy (non-hydrogen) atoms. The maximum absolute atomic E-state index is 12.5. The van der Waals surface area contributed by atoms with Crippen molar-refractivity contribution >= 4 is 11.0 Å². The fourth-order valence-electron chi connectivity index (χ4n) is 8.58. The van der Waals surface area contributed by atoms with Gasteiger partial charge in [-0.1, -0.05) is 182 Å². The fraction of sp³-hybridized carbons (Fsp3) is 0.311. The summed E-state index contributed by atoms with van der Waals surface area (Å²) in [6, 6.07) is 42.4. The summed E-state index contributed by atoms with van der Waals surface area (Å²) in [6.45, 7) is 12.9. The molecule has 4 nitrogen and oxygen atoms in total. The Kier molecular flexibility index (Phi) is 8.73. The maximum Gasteiger partial charge on any atom is 0.149 e. The number of benzene rings is 6. The van der Waals surface area contributed by atoms with E-state index in [1.54, 1.807) is 24.4 Å². The maximum atomic E-state index is 12.5. The van der Waals surface area contributed by atoms with Gasteiger partial charge in [0.1, 0.15) is 11.6 Å². The highest BCUT2D eigenvalue weighted by molar-refractivity contribution is 5.97. The van der Waals surface area contributed by atoms with Gasteiger partial charge in [-0.15, -0.1) is 0 Å². The van der Waals surface area contributed by atoms with Gasteiger partial charge in [-0.3, -0.25) is 9.55 Å². The van der Waals surface area contributed by atoms with Crippen LogP contribution in [-0.2, 0) is 21.7 Å². The van der Waals surface area contributed by atoms with E-state index in [1.807, 2.05) is 50.2 Å². The Morgan fingerprint density at radius 3 is 1.86 bits per heavy atom. The molecule has 0 spiro atoms. The van der Waals surface area contributed by atoms with Crippen LogP contribution in [0.5, 0.6) is 5.75 Å². The summed E-state index contributed by atoms with van der Waals surface area (Å²) in [4.78, 5) is 10.4. The van der Waals surface area contributed by atoms with Crippen LogP contribution in [0, 0.1) is 0 Å². The summed E-state index contributed by atoms with van der Waals surface area (Å²) in [5.41, 5.74) is 8.59. The van der Waals surface area contributed by atoms with E-state index < -0.39 is 37.3 Å². The summed E-state index contributed by atoms with van der Waals surface area (Å²) in [6.07, 6.45) is 1.67. The molecule has 1 N–H and O–H groups in total. The number of fused-ring (bicyclic) bond motifs is 1. The Hall–Kier alpha value is -6.26. The molecule has 0 unspecified atom stereocenters. The number of aromatic hydroxyl groups is 1. The van der Waals surface area contributed by atoms with Crippen LogP contribution in [-0.4, -0.2) is 19.6 Å². The molecule has 2 heterocycles. The highest BCUT2D eigenvalue weighted by Crippen LogP contribution is 2.45. The number of para-hydroxylation sites is 1. The van der Waals surface area contributed by atoms with E-state index in [0.29, 0.717) is 33.7 Å². The first-order chi connectivity index (χ1) is 34.5. The highest BCUT2D eigenvalue weighted by Gasteiger charge is 2.29. The van der Waals surface area contributed by atoms with Crippen LogP contribution in [0.15, 0.2) is 140 Å². The monoisotopic (exact) mass is 868 g/mol. The molecule has 0 saturated heterocycles. The van der Waals surface area contributed by atoms with E-state index in [0.717, 1.165) is 61.3 Å². The number of hydrogen-bond donors (Lipinski definition) is 1. The summed E-state index contributed by atoms with van der Waals surface area (Å²) in [5, 5.41) is 12.5. The molecule has 0 amide bonds. The topological polar surface area (TPSA) is 50.9 Å². The van der Waals surface area contributed by atoms with E-state index in [9.17, 15) is 6.48 Å². The Labute approximate surface area is 402 Å². The molecule has 8 aromatic rings. The predicted octanol–water partition coefficient (Wildman–Crippen LogP) is 16.8. The average Bonchev–Trinajstić information content (AvgIpc) is 3.69. The van der Waals surface area contributed by atoms with E-state index >= 15 is 0 Å². The third kappa shape index (κ3) is 9.06. The quantitative estimate of drug-likeness (QED) is 0.174. The number of pyridine rings is 1. The van der Waals surface area contributed by atoms with Crippen molar-refractivity contribution in [1.29, 1.82) is 0 Å². The molecule has 4 heteroatoms. The van der Waals surface area contributed by atoms with Crippen LogP contribution in [0.2, 0.25) is 0 Å². The molecule has 6 aromatic carbocycles. The van der Waals surface area contributed by atoms with Gasteiger partial charge in [0.15, 0.2) is 0 Å². The molecule has 0 saturated carbocycles. The van der Waals surface area contributed by atoms with Crippen molar-refractivity contribution in [2.24, 2.45) is 0 Å². The van der Waals surface area contributed by atoms with Gasteiger partial charge in [0.25, 0.3) is 0 Å². The summed E-state index contributed by atoms with van der Waals surface area (Å²) in [7, 11) is 0. The number of rotatable bonds is 7. The lowest BCUT2D eigenvalue weighted by Gasteiger charge is -2.27. The average molecular weight is 868 g/mol. The highest BCUT2D eigenvalue weighted by atomic mass is 16.3. The van der Waals surface area contributed by atoms with Gasteiger partial charge >= 0.3 is 0 Å². The normalized spacial score (nSPS) is 15.7. The molecule has 0 aliphatic carbocycles. The number of imidazole rings is 1. The summed E-state index contributed by atoms with van der Waals surface area (Å²) < 4.78 is 85.5. The van der Waals surface area contributed by atoms with Crippen LogP contribution in [0.25, 0.3) is 72.7 Å². The Bertz CT molecular complexity index is 3390. The predicted molar refractivity (Wildman–Crippen MR) is 277 cm³/mol. The van der Waals surface area contributed by atoms with Crippen LogP contribution < -0.4 is 0 Å². The van der Waals surface area contributed by atoms with Crippen molar-refractivity contribution in [2.45, 2.75) is 124 Å². The largest absolute Gasteiger partial charge is 0.507 e. The molecular weight excluding hydrogens is 791 g/mol. The van der Waals surface area contributed by atoms with Crippen molar-refractivity contribution in [3.63, 3.8) is 0 Å². The van der Waals surface area contributed by atoms with Gasteiger partial charge in [0.05, 0.1) is 22.3 Å². The smallest absolute Gasteiger partial charge is 0.149 e. The second-order valence-corrected chi connectivity index (χ2v) is 20.8. The van der Waals surface area contributed by atoms with Gasteiger partial charge in [-0.05, 0) is 126 Å². The lowest BCUT2D eigenvalue weighted by molar-refractivity contribution is 0.446. The lowest BCUT2D eigenvalue weighted by Crippen LogP contribution is -2.17. The zero-order valence-corrected chi connectivity index (χ0v) is 39.6. The molecule has 0 atom stereocenters. The van der Waals surface area contributed by atoms with Gasteiger partial charge in [-0.25, -0.2) is 4.98 Å². The number of phenolic OH excluding ortho intramolecular Hbond substituents is 1. The SMILES string of the molecule is [2H]C(C)(C)c1cc(-n2c(-c3cc(C(C)(C)C)cc(C(C)(C)C)c3O)nc3c(-c4cc(-c5cc(-c6ccc(C(C([2H])([2H])[2H])(C([2H])([2H])[2H])C([2H])([2H])[2H])cc6)ccn5)cc(C(C)(C)C)c4)cccc32)ccc1-c1ccccc1. The molecule has 0 aliphatic heterocycles. The van der Waals surface area contributed by atoms with E-state index in [1.165, 1.54) is 12.1 Å². The Morgan fingerprint density at radius 2 is 1.22 bits per heavy atom. The standard InChI is InChI=1S/C61H67N3O/c1-38(2)50-37-47(27-28-48(50)40-19-16-15-17-20-40)64-54-22-18-21-49(55(54)63-57(64)51-35-46(60(9,10)11)36-52(56(51)65)61(12,13)14)42-31-43(33-45(32-42)59(6,7)8)53-34-41(29-30-62-53)39-23-25-44(26-24-39)58(3,4)5/h15-38,65H,1-14H3/i3D3,4D3,5D3,38D. The molecule has 332 valence electrons. The second kappa shape index (κ2) is 16.6. The molecule has 8 rings (SSSR count). The van der Waals surface area contributed by atoms with Crippen LogP contribution >= 0.6 is 0 Å². The lowest BCUT2D eigenvalue weighted by atomic mass is 9.79.